The highest BCUT2D eigenvalue weighted by Gasteiger charge is 2.10. The van der Waals surface area contributed by atoms with Gasteiger partial charge in [-0.05, 0) is 30.3 Å². The van der Waals surface area contributed by atoms with Crippen LogP contribution in [0, 0.1) is 11.6 Å². The third-order valence-corrected chi connectivity index (χ3v) is 3.18. The summed E-state index contributed by atoms with van der Waals surface area (Å²) in [6.45, 7) is 0. The lowest BCUT2D eigenvalue weighted by atomic mass is 10.3. The fraction of sp³-hybridized carbons (Fsp3) is 0. The molecule has 104 valence electrons. The minimum Gasteiger partial charge on any atom is -0.306 e. The second-order valence-electron chi connectivity index (χ2n) is 3.83. The van der Waals surface area contributed by atoms with Crippen molar-refractivity contribution in [1.82, 2.24) is 0 Å². The van der Waals surface area contributed by atoms with E-state index in [4.69, 9.17) is 11.6 Å². The highest BCUT2D eigenvalue weighted by Crippen LogP contribution is 2.26. The summed E-state index contributed by atoms with van der Waals surface area (Å²) in [4.78, 5) is 11.7. The summed E-state index contributed by atoms with van der Waals surface area (Å²) in [6.07, 6.45) is 0. The predicted octanol–water partition coefficient (Wildman–Crippen LogP) is 5.02. The zero-order chi connectivity index (χ0) is 14.7. The van der Waals surface area contributed by atoms with Crippen molar-refractivity contribution in [2.24, 2.45) is 0 Å². The second-order valence-corrected chi connectivity index (χ2v) is 5.15. The molecule has 2 aromatic rings. The standard InChI is InChI=1S/C13H8BrClF2N2O/c14-7-1-3-9(15)12(5-7)19-13(20)18-11-4-2-8(16)6-10(11)17/h1-6H,(H2,18,19,20). The van der Waals surface area contributed by atoms with Gasteiger partial charge in [0, 0.05) is 10.5 Å². The monoisotopic (exact) mass is 360 g/mol. The molecule has 0 unspecified atom stereocenters. The van der Waals surface area contributed by atoms with Crippen LogP contribution in [0.5, 0.6) is 0 Å². The lowest BCUT2D eigenvalue weighted by molar-refractivity contribution is 0.262. The van der Waals surface area contributed by atoms with E-state index in [0.29, 0.717) is 16.8 Å². The molecular formula is C13H8BrClF2N2O. The normalized spacial score (nSPS) is 10.2. The molecule has 0 spiro atoms. The number of carbonyl (C=O) groups excluding carboxylic acids is 1. The maximum absolute atomic E-state index is 13.4. The Kier molecular flexibility index (Phi) is 4.57. The van der Waals surface area contributed by atoms with E-state index in [2.05, 4.69) is 26.6 Å². The van der Waals surface area contributed by atoms with Gasteiger partial charge in [0.05, 0.1) is 16.4 Å². The maximum Gasteiger partial charge on any atom is 0.323 e. The van der Waals surface area contributed by atoms with E-state index < -0.39 is 17.7 Å². The molecule has 2 aromatic carbocycles. The quantitative estimate of drug-likeness (QED) is 0.774. The van der Waals surface area contributed by atoms with Crippen molar-refractivity contribution >= 4 is 44.9 Å². The molecule has 2 amide bonds. The van der Waals surface area contributed by atoms with E-state index in [1.54, 1.807) is 18.2 Å². The molecule has 2 rings (SSSR count). The van der Waals surface area contributed by atoms with Crippen LogP contribution < -0.4 is 10.6 Å². The Labute approximate surface area is 127 Å². The Hall–Kier alpha value is -1.66. The number of anilines is 2. The Bertz CT molecular complexity index is 667. The molecule has 0 bridgehead atoms. The molecule has 0 aliphatic carbocycles. The van der Waals surface area contributed by atoms with Gasteiger partial charge in [-0.1, -0.05) is 27.5 Å². The van der Waals surface area contributed by atoms with Crippen LogP contribution in [0.2, 0.25) is 5.02 Å². The molecule has 0 atom stereocenters. The molecule has 0 aromatic heterocycles. The van der Waals surface area contributed by atoms with Gasteiger partial charge in [-0.2, -0.15) is 0 Å². The molecule has 0 saturated carbocycles. The summed E-state index contributed by atoms with van der Waals surface area (Å²) in [5.74, 6) is -1.58. The number of urea groups is 1. The molecule has 2 N–H and O–H groups in total. The average molecular weight is 362 g/mol. The van der Waals surface area contributed by atoms with Crippen LogP contribution in [-0.4, -0.2) is 6.03 Å². The van der Waals surface area contributed by atoms with E-state index in [1.807, 2.05) is 0 Å². The van der Waals surface area contributed by atoms with Gasteiger partial charge in [0.2, 0.25) is 0 Å². The first-order valence-electron chi connectivity index (χ1n) is 5.44. The van der Waals surface area contributed by atoms with Gasteiger partial charge in [0.15, 0.2) is 0 Å². The van der Waals surface area contributed by atoms with Crippen LogP contribution in [-0.2, 0) is 0 Å². The van der Waals surface area contributed by atoms with Gasteiger partial charge >= 0.3 is 6.03 Å². The van der Waals surface area contributed by atoms with Crippen molar-refractivity contribution in [2.45, 2.75) is 0 Å². The van der Waals surface area contributed by atoms with E-state index in [0.717, 1.165) is 16.6 Å². The number of nitrogens with one attached hydrogen (secondary N) is 2. The topological polar surface area (TPSA) is 41.1 Å². The van der Waals surface area contributed by atoms with E-state index in [9.17, 15) is 13.6 Å². The van der Waals surface area contributed by atoms with Crippen molar-refractivity contribution in [3.8, 4) is 0 Å². The number of rotatable bonds is 2. The van der Waals surface area contributed by atoms with Crippen LogP contribution in [0.4, 0.5) is 25.0 Å². The fourth-order valence-corrected chi connectivity index (χ4v) is 1.99. The Morgan fingerprint density at radius 2 is 1.75 bits per heavy atom. The van der Waals surface area contributed by atoms with Crippen molar-refractivity contribution in [3.05, 3.63) is 57.5 Å². The largest absolute Gasteiger partial charge is 0.323 e. The number of hydrogen-bond acceptors (Lipinski definition) is 1. The molecule has 0 radical (unpaired) electrons. The van der Waals surface area contributed by atoms with Crippen LogP contribution in [0.3, 0.4) is 0 Å². The summed E-state index contributed by atoms with van der Waals surface area (Å²) in [5, 5.41) is 5.07. The summed E-state index contributed by atoms with van der Waals surface area (Å²) in [6, 6.07) is 7.09. The first kappa shape index (κ1) is 14.7. The Morgan fingerprint density at radius 3 is 2.45 bits per heavy atom. The minimum absolute atomic E-state index is 0.130. The summed E-state index contributed by atoms with van der Waals surface area (Å²) in [5.41, 5.74) is 0.232. The molecule has 0 aliphatic heterocycles. The SMILES string of the molecule is O=C(Nc1ccc(F)cc1F)Nc1cc(Br)ccc1Cl. The van der Waals surface area contributed by atoms with Gasteiger partial charge in [0.1, 0.15) is 11.6 Å². The number of benzene rings is 2. The average Bonchev–Trinajstić information content (AvgIpc) is 2.37. The summed E-state index contributed by atoms with van der Waals surface area (Å²) >= 11 is 9.15. The zero-order valence-electron chi connectivity index (χ0n) is 9.88. The van der Waals surface area contributed by atoms with Crippen LogP contribution in [0.15, 0.2) is 40.9 Å². The van der Waals surface area contributed by atoms with Crippen LogP contribution in [0.25, 0.3) is 0 Å². The number of hydrogen-bond donors (Lipinski definition) is 2. The van der Waals surface area contributed by atoms with Crippen molar-refractivity contribution in [1.29, 1.82) is 0 Å². The molecule has 0 saturated heterocycles. The minimum atomic E-state index is -0.861. The number of carbonyl (C=O) groups is 1. The molecule has 0 aliphatic rings. The predicted molar refractivity (Wildman–Crippen MR) is 78.2 cm³/mol. The molecule has 3 nitrogen and oxygen atoms in total. The lowest BCUT2D eigenvalue weighted by Crippen LogP contribution is -2.20. The van der Waals surface area contributed by atoms with Gasteiger partial charge < -0.3 is 10.6 Å². The highest BCUT2D eigenvalue weighted by atomic mass is 79.9. The van der Waals surface area contributed by atoms with E-state index in [-0.39, 0.29) is 5.69 Å². The zero-order valence-corrected chi connectivity index (χ0v) is 12.2. The van der Waals surface area contributed by atoms with Gasteiger partial charge in [-0.25, -0.2) is 13.6 Å². The van der Waals surface area contributed by atoms with Crippen molar-refractivity contribution in [3.63, 3.8) is 0 Å². The van der Waals surface area contributed by atoms with E-state index in [1.165, 1.54) is 0 Å². The Balaban J connectivity index is 2.11. The van der Waals surface area contributed by atoms with Crippen molar-refractivity contribution < 1.29 is 13.6 Å². The summed E-state index contributed by atoms with van der Waals surface area (Å²) < 4.78 is 26.8. The van der Waals surface area contributed by atoms with Crippen molar-refractivity contribution in [2.75, 3.05) is 10.6 Å². The second kappa shape index (κ2) is 6.19. The fourth-order valence-electron chi connectivity index (χ4n) is 1.46. The third-order valence-electron chi connectivity index (χ3n) is 2.36. The molecule has 20 heavy (non-hydrogen) atoms. The van der Waals surface area contributed by atoms with Gasteiger partial charge in [-0.3, -0.25) is 0 Å². The van der Waals surface area contributed by atoms with Gasteiger partial charge in [-0.15, -0.1) is 0 Å². The third kappa shape index (κ3) is 3.68. The summed E-state index contributed by atoms with van der Waals surface area (Å²) in [7, 11) is 0. The van der Waals surface area contributed by atoms with Crippen LogP contribution >= 0.6 is 27.5 Å². The molecular weight excluding hydrogens is 354 g/mol. The van der Waals surface area contributed by atoms with E-state index >= 15 is 0 Å². The molecule has 0 heterocycles. The first-order chi connectivity index (χ1) is 9.45. The number of amides is 2. The smallest absolute Gasteiger partial charge is 0.306 e. The Morgan fingerprint density at radius 1 is 1.05 bits per heavy atom. The lowest BCUT2D eigenvalue weighted by Gasteiger charge is -2.10. The van der Waals surface area contributed by atoms with Crippen LogP contribution in [0.1, 0.15) is 0 Å². The highest BCUT2D eigenvalue weighted by molar-refractivity contribution is 9.10. The number of halogens is 4. The maximum atomic E-state index is 13.4. The molecule has 7 heteroatoms. The molecule has 0 fully saturated rings. The van der Waals surface area contributed by atoms with Gasteiger partial charge in [0.25, 0.3) is 0 Å². The first-order valence-corrected chi connectivity index (χ1v) is 6.61.